The molecule has 0 N–H and O–H groups in total. The molecule has 0 aromatic heterocycles. The van der Waals surface area contributed by atoms with Gasteiger partial charge in [-0.3, -0.25) is 0 Å². The molecule has 0 rings (SSSR count). The molecule has 1 heteroatoms. The van der Waals surface area contributed by atoms with Crippen LogP contribution < -0.4 is 0 Å². The van der Waals surface area contributed by atoms with Gasteiger partial charge in [-0.2, -0.15) is 4.58 Å². The number of nitrogens with zero attached hydrogens (tertiary/aromatic N) is 1. The number of hydrogen-bond donors (Lipinski definition) is 0. The van der Waals surface area contributed by atoms with Gasteiger partial charge >= 0.3 is 0 Å². The van der Waals surface area contributed by atoms with Crippen LogP contribution in [0.5, 0.6) is 0 Å². The van der Waals surface area contributed by atoms with Gasteiger partial charge in [0.05, 0.1) is 0 Å². The Morgan fingerprint density at radius 1 is 1.29 bits per heavy atom. The van der Waals surface area contributed by atoms with Crippen LogP contribution >= 0.6 is 0 Å². The standard InChI is InChI=1S/C16H30N/c1-8-12-17(7)13-14(3)15(9-2)10-11-16(4,5)6/h8H,9-11,13H2,1-7H3/q+1. The quantitative estimate of drug-likeness (QED) is 0.377. The molecule has 0 atom stereocenters. The van der Waals surface area contributed by atoms with Gasteiger partial charge < -0.3 is 0 Å². The average molecular weight is 236 g/mol. The summed E-state index contributed by atoms with van der Waals surface area (Å²) < 4.78 is 2.13. The van der Waals surface area contributed by atoms with E-state index < -0.39 is 0 Å². The first-order valence-electron chi connectivity index (χ1n) is 6.72. The highest BCUT2D eigenvalue weighted by molar-refractivity contribution is 5.44. The Hall–Kier alpha value is -0.810. The van der Waals surface area contributed by atoms with Crippen molar-refractivity contribution in [1.29, 1.82) is 0 Å². The number of hydrogen-bond acceptors (Lipinski definition) is 0. The van der Waals surface area contributed by atoms with E-state index in [0.29, 0.717) is 5.41 Å². The van der Waals surface area contributed by atoms with E-state index in [1.165, 1.54) is 24.8 Å². The van der Waals surface area contributed by atoms with E-state index in [9.17, 15) is 0 Å². The van der Waals surface area contributed by atoms with E-state index >= 15 is 0 Å². The molecular formula is C16H30N+. The SMILES string of the molecule is CC=C=[N+](C)CC(C)=C(CC)CCC(C)(C)C. The van der Waals surface area contributed by atoms with Crippen molar-refractivity contribution >= 4 is 5.87 Å². The minimum Gasteiger partial charge on any atom is -0.187 e. The molecule has 1 nitrogen and oxygen atoms in total. The van der Waals surface area contributed by atoms with Crippen molar-refractivity contribution in [2.45, 2.75) is 60.8 Å². The summed E-state index contributed by atoms with van der Waals surface area (Å²) in [6.07, 6.45) is 5.64. The third kappa shape index (κ3) is 7.99. The molecule has 0 aromatic rings. The van der Waals surface area contributed by atoms with Crippen molar-refractivity contribution < 1.29 is 4.58 Å². The molecular weight excluding hydrogens is 206 g/mol. The van der Waals surface area contributed by atoms with E-state index in [4.69, 9.17) is 0 Å². The molecule has 0 aromatic carbocycles. The fourth-order valence-corrected chi connectivity index (χ4v) is 1.95. The van der Waals surface area contributed by atoms with Crippen LogP contribution in [0.3, 0.4) is 0 Å². The summed E-state index contributed by atoms with van der Waals surface area (Å²) in [7, 11) is 2.08. The molecule has 0 amide bonds. The monoisotopic (exact) mass is 236 g/mol. The lowest BCUT2D eigenvalue weighted by Crippen LogP contribution is -2.10. The summed E-state index contributed by atoms with van der Waals surface area (Å²) in [6.45, 7) is 14.5. The van der Waals surface area contributed by atoms with Crippen LogP contribution in [0.25, 0.3) is 0 Å². The molecule has 0 fully saturated rings. The molecule has 0 saturated heterocycles. The van der Waals surface area contributed by atoms with E-state index in [-0.39, 0.29) is 0 Å². The molecule has 0 aliphatic rings. The molecule has 0 heterocycles. The first kappa shape index (κ1) is 16.2. The fraction of sp³-hybridized carbons (Fsp3) is 0.750. The predicted molar refractivity (Wildman–Crippen MR) is 78.0 cm³/mol. The largest absolute Gasteiger partial charge is 0.187 e. The summed E-state index contributed by atoms with van der Waals surface area (Å²) in [5.41, 5.74) is 3.56. The van der Waals surface area contributed by atoms with Gasteiger partial charge in [0.2, 0.25) is 0 Å². The van der Waals surface area contributed by atoms with Crippen molar-refractivity contribution in [3.05, 3.63) is 17.2 Å². The second kappa shape index (κ2) is 7.50. The number of rotatable bonds is 5. The van der Waals surface area contributed by atoms with Crippen molar-refractivity contribution in [2.24, 2.45) is 5.41 Å². The molecule has 0 bridgehead atoms. The van der Waals surface area contributed by atoms with Gasteiger partial charge in [-0.1, -0.05) is 33.3 Å². The zero-order valence-corrected chi connectivity index (χ0v) is 12.9. The van der Waals surface area contributed by atoms with Crippen LogP contribution in [0.4, 0.5) is 0 Å². The molecule has 0 unspecified atom stereocenters. The zero-order valence-electron chi connectivity index (χ0n) is 12.9. The molecule has 17 heavy (non-hydrogen) atoms. The van der Waals surface area contributed by atoms with Crippen LogP contribution in [0, 0.1) is 5.41 Å². The average Bonchev–Trinajstić information content (AvgIpc) is 2.16. The Bertz CT molecular complexity index is 320. The highest BCUT2D eigenvalue weighted by atomic mass is 14.9. The van der Waals surface area contributed by atoms with E-state index in [1.807, 2.05) is 13.0 Å². The van der Waals surface area contributed by atoms with Crippen LogP contribution in [0.1, 0.15) is 60.8 Å². The Morgan fingerprint density at radius 3 is 2.29 bits per heavy atom. The van der Waals surface area contributed by atoms with E-state index in [0.717, 1.165) is 6.54 Å². The van der Waals surface area contributed by atoms with Crippen molar-refractivity contribution in [3.8, 4) is 0 Å². The second-order valence-electron chi connectivity index (χ2n) is 6.07. The predicted octanol–water partition coefficient (Wildman–Crippen LogP) is 4.43. The van der Waals surface area contributed by atoms with Crippen LogP contribution in [0.2, 0.25) is 0 Å². The first-order valence-corrected chi connectivity index (χ1v) is 6.72. The van der Waals surface area contributed by atoms with Gasteiger partial charge in [0.1, 0.15) is 7.05 Å². The fourth-order valence-electron chi connectivity index (χ4n) is 1.95. The van der Waals surface area contributed by atoms with Crippen molar-refractivity contribution in [3.63, 3.8) is 0 Å². The maximum absolute atomic E-state index is 3.20. The van der Waals surface area contributed by atoms with Crippen LogP contribution in [-0.2, 0) is 0 Å². The topological polar surface area (TPSA) is 3.01 Å². The normalized spacial score (nSPS) is 12.9. The second-order valence-corrected chi connectivity index (χ2v) is 6.07. The minimum atomic E-state index is 0.433. The van der Waals surface area contributed by atoms with Crippen molar-refractivity contribution in [1.82, 2.24) is 0 Å². The Labute approximate surface area is 108 Å². The smallest absolute Gasteiger partial charge is 0.173 e. The summed E-state index contributed by atoms with van der Waals surface area (Å²) in [4.78, 5) is 0. The van der Waals surface area contributed by atoms with E-state index in [1.54, 1.807) is 5.57 Å². The number of allylic oxidation sites excluding steroid dienone is 2. The Balaban J connectivity index is 4.65. The lowest BCUT2D eigenvalue weighted by atomic mass is 9.87. The summed E-state index contributed by atoms with van der Waals surface area (Å²) >= 11 is 0. The van der Waals surface area contributed by atoms with Gasteiger partial charge in [-0.05, 0) is 44.1 Å². The minimum absolute atomic E-state index is 0.433. The zero-order chi connectivity index (χ0) is 13.5. The van der Waals surface area contributed by atoms with Gasteiger partial charge in [-0.25, -0.2) is 0 Å². The van der Waals surface area contributed by atoms with Crippen LogP contribution in [0.15, 0.2) is 17.2 Å². The lowest BCUT2D eigenvalue weighted by molar-refractivity contribution is -0.481. The Kier molecular flexibility index (Phi) is 7.15. The van der Waals surface area contributed by atoms with Gasteiger partial charge in [0, 0.05) is 6.08 Å². The van der Waals surface area contributed by atoms with E-state index in [2.05, 4.69) is 52.1 Å². The summed E-state index contributed by atoms with van der Waals surface area (Å²) in [5.74, 6) is 3.20. The lowest BCUT2D eigenvalue weighted by Gasteiger charge is -2.19. The molecule has 0 aliphatic heterocycles. The van der Waals surface area contributed by atoms with Gasteiger partial charge in [0.25, 0.3) is 0 Å². The summed E-state index contributed by atoms with van der Waals surface area (Å²) in [6, 6.07) is 0. The molecule has 0 saturated carbocycles. The molecule has 0 aliphatic carbocycles. The number of likely N-dealkylation sites (N-methyl/N-ethyl adjacent to an activating group) is 1. The van der Waals surface area contributed by atoms with Gasteiger partial charge in [0.15, 0.2) is 12.4 Å². The van der Waals surface area contributed by atoms with Gasteiger partial charge in [-0.15, -0.1) is 0 Å². The third-order valence-electron chi connectivity index (χ3n) is 3.03. The highest BCUT2D eigenvalue weighted by Crippen LogP contribution is 2.26. The molecule has 98 valence electrons. The Morgan fingerprint density at radius 2 is 1.88 bits per heavy atom. The molecule has 0 spiro atoms. The maximum atomic E-state index is 3.20. The van der Waals surface area contributed by atoms with Crippen LogP contribution in [-0.4, -0.2) is 24.0 Å². The van der Waals surface area contributed by atoms with Crippen molar-refractivity contribution in [2.75, 3.05) is 13.6 Å². The molecule has 0 radical (unpaired) electrons. The highest BCUT2D eigenvalue weighted by Gasteiger charge is 2.12. The maximum Gasteiger partial charge on any atom is 0.173 e. The third-order valence-corrected chi connectivity index (χ3v) is 3.03. The first-order chi connectivity index (χ1) is 7.80. The summed E-state index contributed by atoms with van der Waals surface area (Å²) in [5, 5.41) is 0.